The van der Waals surface area contributed by atoms with Gasteiger partial charge in [0.1, 0.15) is 5.82 Å². The molecule has 0 aliphatic carbocycles. The second-order valence-corrected chi connectivity index (χ2v) is 6.20. The molecule has 0 saturated carbocycles. The summed E-state index contributed by atoms with van der Waals surface area (Å²) >= 11 is 0. The third-order valence-corrected chi connectivity index (χ3v) is 3.81. The van der Waals surface area contributed by atoms with Crippen LogP contribution in [0.4, 0.5) is 4.39 Å². The SMILES string of the molecule is CC1(C)CCCN(CCC(=O)c2ccccc2F)C1. The van der Waals surface area contributed by atoms with Gasteiger partial charge in [0.25, 0.3) is 0 Å². The van der Waals surface area contributed by atoms with E-state index in [4.69, 9.17) is 0 Å². The topological polar surface area (TPSA) is 20.3 Å². The molecule has 19 heavy (non-hydrogen) atoms. The van der Waals surface area contributed by atoms with Gasteiger partial charge >= 0.3 is 0 Å². The zero-order chi connectivity index (χ0) is 13.9. The van der Waals surface area contributed by atoms with E-state index in [0.717, 1.165) is 19.6 Å². The maximum atomic E-state index is 13.5. The van der Waals surface area contributed by atoms with Crippen molar-refractivity contribution in [2.45, 2.75) is 33.1 Å². The molecule has 1 heterocycles. The molecule has 1 aromatic carbocycles. The van der Waals surface area contributed by atoms with E-state index in [1.165, 1.54) is 18.9 Å². The van der Waals surface area contributed by atoms with Crippen LogP contribution in [-0.2, 0) is 0 Å². The lowest BCUT2D eigenvalue weighted by Crippen LogP contribution is -2.40. The van der Waals surface area contributed by atoms with Gasteiger partial charge in [-0.05, 0) is 36.9 Å². The van der Waals surface area contributed by atoms with Crippen LogP contribution < -0.4 is 0 Å². The molecule has 1 aromatic rings. The summed E-state index contributed by atoms with van der Waals surface area (Å²) in [5, 5.41) is 0. The van der Waals surface area contributed by atoms with E-state index in [2.05, 4.69) is 18.7 Å². The summed E-state index contributed by atoms with van der Waals surface area (Å²) in [6, 6.07) is 6.23. The molecule has 0 amide bonds. The van der Waals surface area contributed by atoms with Gasteiger partial charge in [-0.1, -0.05) is 26.0 Å². The normalized spacial score (nSPS) is 19.3. The average Bonchev–Trinajstić information content (AvgIpc) is 2.35. The highest BCUT2D eigenvalue weighted by atomic mass is 19.1. The molecule has 104 valence electrons. The molecular weight excluding hydrogens is 241 g/mol. The number of halogens is 1. The first kappa shape index (κ1) is 14.2. The quantitative estimate of drug-likeness (QED) is 0.775. The molecule has 0 spiro atoms. The van der Waals surface area contributed by atoms with Crippen molar-refractivity contribution in [3.05, 3.63) is 35.6 Å². The van der Waals surface area contributed by atoms with Crippen molar-refractivity contribution in [2.75, 3.05) is 19.6 Å². The van der Waals surface area contributed by atoms with Gasteiger partial charge in [0.05, 0.1) is 5.56 Å². The van der Waals surface area contributed by atoms with Gasteiger partial charge in [-0.3, -0.25) is 4.79 Å². The van der Waals surface area contributed by atoms with Gasteiger partial charge < -0.3 is 4.90 Å². The second kappa shape index (κ2) is 5.83. The van der Waals surface area contributed by atoms with Crippen molar-refractivity contribution in [2.24, 2.45) is 5.41 Å². The van der Waals surface area contributed by atoms with E-state index in [1.807, 2.05) is 0 Å². The number of benzene rings is 1. The average molecular weight is 263 g/mol. The number of carbonyl (C=O) groups is 1. The number of piperidine rings is 1. The number of hydrogen-bond donors (Lipinski definition) is 0. The summed E-state index contributed by atoms with van der Waals surface area (Å²) in [7, 11) is 0. The molecule has 2 rings (SSSR count). The molecule has 1 aliphatic rings. The highest BCUT2D eigenvalue weighted by molar-refractivity contribution is 5.96. The van der Waals surface area contributed by atoms with Crippen LogP contribution in [0.5, 0.6) is 0 Å². The Morgan fingerprint density at radius 1 is 1.37 bits per heavy atom. The van der Waals surface area contributed by atoms with Gasteiger partial charge in [-0.25, -0.2) is 4.39 Å². The van der Waals surface area contributed by atoms with Crippen molar-refractivity contribution in [3.63, 3.8) is 0 Å². The summed E-state index contributed by atoms with van der Waals surface area (Å²) in [6.45, 7) is 7.33. The monoisotopic (exact) mass is 263 g/mol. The van der Waals surface area contributed by atoms with Crippen LogP contribution in [0.25, 0.3) is 0 Å². The Bertz CT molecular complexity index is 456. The Morgan fingerprint density at radius 2 is 2.11 bits per heavy atom. The Labute approximate surface area is 114 Å². The first-order valence-corrected chi connectivity index (χ1v) is 6.98. The van der Waals surface area contributed by atoms with Gasteiger partial charge in [-0.15, -0.1) is 0 Å². The lowest BCUT2D eigenvalue weighted by Gasteiger charge is -2.37. The van der Waals surface area contributed by atoms with Crippen molar-refractivity contribution < 1.29 is 9.18 Å². The zero-order valence-corrected chi connectivity index (χ0v) is 11.8. The van der Waals surface area contributed by atoms with Gasteiger partial charge in [0.15, 0.2) is 5.78 Å². The third-order valence-electron chi connectivity index (χ3n) is 3.81. The minimum atomic E-state index is -0.411. The fourth-order valence-electron chi connectivity index (χ4n) is 2.82. The van der Waals surface area contributed by atoms with Crippen LogP contribution >= 0.6 is 0 Å². The number of Topliss-reactive ketones (excluding diaryl/α,β-unsaturated/α-hetero) is 1. The van der Waals surface area contributed by atoms with Gasteiger partial charge in [0, 0.05) is 19.5 Å². The fraction of sp³-hybridized carbons (Fsp3) is 0.562. The lowest BCUT2D eigenvalue weighted by atomic mass is 9.84. The molecule has 0 N–H and O–H groups in total. The Balaban J connectivity index is 1.89. The number of carbonyl (C=O) groups excluding carboxylic acids is 1. The number of likely N-dealkylation sites (tertiary alicyclic amines) is 1. The highest BCUT2D eigenvalue weighted by Gasteiger charge is 2.26. The van der Waals surface area contributed by atoms with Crippen molar-refractivity contribution in [1.29, 1.82) is 0 Å². The number of ketones is 1. The minimum absolute atomic E-state index is 0.0959. The van der Waals surface area contributed by atoms with Crippen LogP contribution in [0.3, 0.4) is 0 Å². The standard InChI is InChI=1S/C16H22FNO/c1-16(2)9-5-10-18(12-16)11-8-15(19)13-6-3-4-7-14(13)17/h3-4,6-7H,5,8-12H2,1-2H3. The summed E-state index contributed by atoms with van der Waals surface area (Å²) < 4.78 is 13.5. The fourth-order valence-corrected chi connectivity index (χ4v) is 2.82. The van der Waals surface area contributed by atoms with E-state index in [-0.39, 0.29) is 11.3 Å². The van der Waals surface area contributed by atoms with Crippen LogP contribution in [0.15, 0.2) is 24.3 Å². The minimum Gasteiger partial charge on any atom is -0.302 e. The third kappa shape index (κ3) is 3.87. The van der Waals surface area contributed by atoms with E-state index < -0.39 is 5.82 Å². The smallest absolute Gasteiger partial charge is 0.167 e. The highest BCUT2D eigenvalue weighted by Crippen LogP contribution is 2.28. The molecule has 0 bridgehead atoms. The Morgan fingerprint density at radius 3 is 2.79 bits per heavy atom. The second-order valence-electron chi connectivity index (χ2n) is 6.20. The number of hydrogen-bond acceptors (Lipinski definition) is 2. The summed E-state index contributed by atoms with van der Waals surface area (Å²) in [6.07, 6.45) is 2.82. The van der Waals surface area contributed by atoms with Crippen molar-refractivity contribution >= 4 is 5.78 Å². The molecule has 0 atom stereocenters. The molecule has 0 unspecified atom stereocenters. The molecule has 3 heteroatoms. The molecular formula is C16H22FNO. The van der Waals surface area contributed by atoms with Crippen LogP contribution in [0.2, 0.25) is 0 Å². The van der Waals surface area contributed by atoms with Crippen LogP contribution in [0.1, 0.15) is 43.5 Å². The predicted octanol–water partition coefficient (Wildman–Crippen LogP) is 3.52. The number of rotatable bonds is 4. The molecule has 1 saturated heterocycles. The lowest BCUT2D eigenvalue weighted by molar-refractivity contribution is 0.0892. The summed E-state index contributed by atoms with van der Waals surface area (Å²) in [5.74, 6) is -0.507. The van der Waals surface area contributed by atoms with Crippen LogP contribution in [0, 0.1) is 11.2 Å². The maximum absolute atomic E-state index is 13.5. The van der Waals surface area contributed by atoms with Crippen LogP contribution in [-0.4, -0.2) is 30.3 Å². The Kier molecular flexibility index (Phi) is 4.35. The van der Waals surface area contributed by atoms with Gasteiger partial charge in [0.2, 0.25) is 0 Å². The first-order valence-electron chi connectivity index (χ1n) is 6.98. The van der Waals surface area contributed by atoms with Crippen molar-refractivity contribution in [3.8, 4) is 0 Å². The van der Waals surface area contributed by atoms with E-state index in [9.17, 15) is 9.18 Å². The van der Waals surface area contributed by atoms with Crippen molar-refractivity contribution in [1.82, 2.24) is 4.90 Å². The predicted molar refractivity (Wildman–Crippen MR) is 74.8 cm³/mol. The summed E-state index contributed by atoms with van der Waals surface area (Å²) in [5.41, 5.74) is 0.554. The molecule has 1 fully saturated rings. The van der Waals surface area contributed by atoms with Gasteiger partial charge in [-0.2, -0.15) is 0 Å². The largest absolute Gasteiger partial charge is 0.302 e. The Hall–Kier alpha value is -1.22. The molecule has 2 nitrogen and oxygen atoms in total. The maximum Gasteiger partial charge on any atom is 0.167 e. The van der Waals surface area contributed by atoms with E-state index >= 15 is 0 Å². The molecule has 1 aliphatic heterocycles. The number of nitrogens with zero attached hydrogens (tertiary/aromatic N) is 1. The first-order chi connectivity index (χ1) is 8.98. The van der Waals surface area contributed by atoms with E-state index in [1.54, 1.807) is 18.2 Å². The molecule has 0 aromatic heterocycles. The van der Waals surface area contributed by atoms with E-state index in [0.29, 0.717) is 11.8 Å². The zero-order valence-electron chi connectivity index (χ0n) is 11.8. The molecule has 0 radical (unpaired) electrons. The summed E-state index contributed by atoms with van der Waals surface area (Å²) in [4.78, 5) is 14.3.